The maximum atomic E-state index is 12.6. The summed E-state index contributed by atoms with van der Waals surface area (Å²) in [6, 6.07) is 0. The highest BCUT2D eigenvalue weighted by Crippen LogP contribution is 2.30. The second-order valence-electron chi connectivity index (χ2n) is 7.22. The van der Waals surface area contributed by atoms with Gasteiger partial charge in [0.1, 0.15) is 0 Å². The Morgan fingerprint density at radius 3 is 2.60 bits per heavy atom. The van der Waals surface area contributed by atoms with Gasteiger partial charge in [0.15, 0.2) is 0 Å². The molecule has 1 aromatic rings. The van der Waals surface area contributed by atoms with Crippen molar-refractivity contribution in [2.45, 2.75) is 46.6 Å². The van der Waals surface area contributed by atoms with Crippen LogP contribution >= 0.6 is 0 Å². The van der Waals surface area contributed by atoms with Crippen molar-refractivity contribution in [3.63, 3.8) is 0 Å². The number of hydrogen-bond acceptors (Lipinski definition) is 3. The van der Waals surface area contributed by atoms with E-state index < -0.39 is 0 Å². The molecule has 0 spiro atoms. The van der Waals surface area contributed by atoms with Crippen molar-refractivity contribution in [1.82, 2.24) is 14.7 Å². The second kappa shape index (κ2) is 4.88. The van der Waals surface area contributed by atoms with Crippen LogP contribution < -0.4 is 5.73 Å². The van der Waals surface area contributed by atoms with Crippen LogP contribution in [0.1, 0.15) is 50.2 Å². The van der Waals surface area contributed by atoms with Crippen LogP contribution in [0, 0.1) is 12.3 Å². The molecule has 1 fully saturated rings. The number of aromatic nitrogens is 2. The van der Waals surface area contributed by atoms with Gasteiger partial charge in [0.2, 0.25) is 0 Å². The molecule has 2 rings (SSSR count). The minimum Gasteiger partial charge on any atom is -0.338 e. The van der Waals surface area contributed by atoms with E-state index in [1.54, 1.807) is 6.20 Å². The Kier molecular flexibility index (Phi) is 3.67. The summed E-state index contributed by atoms with van der Waals surface area (Å²) in [6.07, 6.45) is 2.67. The smallest absolute Gasteiger partial charge is 0.257 e. The Hall–Kier alpha value is -1.36. The molecule has 1 saturated heterocycles. The van der Waals surface area contributed by atoms with Crippen LogP contribution in [-0.4, -0.2) is 40.2 Å². The van der Waals surface area contributed by atoms with Crippen LogP contribution in [0.5, 0.6) is 0 Å². The first-order chi connectivity index (χ1) is 9.18. The molecule has 0 bridgehead atoms. The van der Waals surface area contributed by atoms with Crippen LogP contribution in [0.3, 0.4) is 0 Å². The number of carbonyl (C=O) groups is 1. The summed E-state index contributed by atoms with van der Waals surface area (Å²) >= 11 is 0. The molecule has 2 N–H and O–H groups in total. The maximum absolute atomic E-state index is 12.6. The van der Waals surface area contributed by atoms with E-state index in [0.29, 0.717) is 12.1 Å². The fraction of sp³-hybridized carbons (Fsp3) is 0.733. The predicted octanol–water partition coefficient (Wildman–Crippen LogP) is 1.76. The van der Waals surface area contributed by atoms with E-state index in [-0.39, 0.29) is 16.9 Å². The zero-order valence-corrected chi connectivity index (χ0v) is 13.2. The first-order valence-corrected chi connectivity index (χ1v) is 7.22. The number of likely N-dealkylation sites (tertiary alicyclic amines) is 1. The van der Waals surface area contributed by atoms with Crippen LogP contribution in [0.4, 0.5) is 0 Å². The second-order valence-corrected chi connectivity index (χ2v) is 7.22. The van der Waals surface area contributed by atoms with Gasteiger partial charge < -0.3 is 10.6 Å². The minimum atomic E-state index is -0.112. The number of hydrogen-bond donors (Lipinski definition) is 1. The van der Waals surface area contributed by atoms with Gasteiger partial charge in [0.25, 0.3) is 5.91 Å². The monoisotopic (exact) mass is 278 g/mol. The van der Waals surface area contributed by atoms with Crippen molar-refractivity contribution in [2.24, 2.45) is 11.1 Å². The third kappa shape index (κ3) is 2.59. The van der Waals surface area contributed by atoms with E-state index in [2.05, 4.69) is 32.8 Å². The lowest BCUT2D eigenvalue weighted by Crippen LogP contribution is -2.34. The van der Waals surface area contributed by atoms with E-state index >= 15 is 0 Å². The normalized spacial score (nSPS) is 23.4. The van der Waals surface area contributed by atoms with Gasteiger partial charge in [-0.1, -0.05) is 6.92 Å². The van der Waals surface area contributed by atoms with Gasteiger partial charge in [-0.2, -0.15) is 5.10 Å². The summed E-state index contributed by atoms with van der Waals surface area (Å²) in [6.45, 7) is 12.5. The Bertz CT molecular complexity index is 514. The third-order valence-corrected chi connectivity index (χ3v) is 4.21. The molecule has 0 aromatic carbocycles. The molecule has 20 heavy (non-hydrogen) atoms. The lowest BCUT2D eigenvalue weighted by atomic mass is 9.90. The van der Waals surface area contributed by atoms with Crippen LogP contribution in [0.25, 0.3) is 0 Å². The zero-order chi connectivity index (χ0) is 15.1. The van der Waals surface area contributed by atoms with Crippen LogP contribution in [0.2, 0.25) is 0 Å². The van der Waals surface area contributed by atoms with Gasteiger partial charge in [-0.3, -0.25) is 9.48 Å². The lowest BCUT2D eigenvalue weighted by Gasteiger charge is -2.23. The number of amides is 1. The zero-order valence-electron chi connectivity index (χ0n) is 13.2. The quantitative estimate of drug-likeness (QED) is 0.896. The summed E-state index contributed by atoms with van der Waals surface area (Å²) in [5, 5.41) is 4.38. The standard InChI is InChI=1S/C15H26N4O/c1-11-12(8-17-19(11)14(2,3)4)13(20)18-7-6-15(5,9-16)10-18/h8H,6-7,9-10,16H2,1-5H3. The summed E-state index contributed by atoms with van der Waals surface area (Å²) in [4.78, 5) is 14.6. The Morgan fingerprint density at radius 1 is 1.50 bits per heavy atom. The predicted molar refractivity (Wildman–Crippen MR) is 79.6 cm³/mol. The molecular weight excluding hydrogens is 252 g/mol. The molecule has 1 aromatic heterocycles. The molecule has 1 unspecified atom stereocenters. The summed E-state index contributed by atoms with van der Waals surface area (Å²) in [7, 11) is 0. The summed E-state index contributed by atoms with van der Waals surface area (Å²) in [5.41, 5.74) is 7.40. The van der Waals surface area contributed by atoms with Crippen molar-refractivity contribution in [1.29, 1.82) is 0 Å². The highest BCUT2D eigenvalue weighted by molar-refractivity contribution is 5.95. The average molecular weight is 278 g/mol. The molecule has 0 aliphatic carbocycles. The number of nitrogens with zero attached hydrogens (tertiary/aromatic N) is 3. The van der Waals surface area contributed by atoms with E-state index in [1.807, 2.05) is 16.5 Å². The molecule has 0 radical (unpaired) electrons. The van der Waals surface area contributed by atoms with Gasteiger partial charge in [-0.05, 0) is 46.1 Å². The van der Waals surface area contributed by atoms with Gasteiger partial charge >= 0.3 is 0 Å². The van der Waals surface area contributed by atoms with Crippen LogP contribution in [0.15, 0.2) is 6.20 Å². The highest BCUT2D eigenvalue weighted by Gasteiger charge is 2.36. The highest BCUT2D eigenvalue weighted by atomic mass is 16.2. The first kappa shape index (κ1) is 15.0. The lowest BCUT2D eigenvalue weighted by molar-refractivity contribution is 0.0776. The van der Waals surface area contributed by atoms with Gasteiger partial charge in [-0.15, -0.1) is 0 Å². The molecule has 0 saturated carbocycles. The van der Waals surface area contributed by atoms with Gasteiger partial charge in [0.05, 0.1) is 17.3 Å². The molecule has 112 valence electrons. The Labute approximate surface area is 121 Å². The molecule has 5 heteroatoms. The SMILES string of the molecule is Cc1c(C(=O)N2CCC(C)(CN)C2)cnn1C(C)(C)C. The molecule has 1 aliphatic rings. The largest absolute Gasteiger partial charge is 0.338 e. The molecule has 5 nitrogen and oxygen atoms in total. The minimum absolute atomic E-state index is 0.0591. The summed E-state index contributed by atoms with van der Waals surface area (Å²) in [5.74, 6) is 0.0789. The molecule has 2 heterocycles. The number of carbonyl (C=O) groups excluding carboxylic acids is 1. The van der Waals surface area contributed by atoms with Crippen molar-refractivity contribution >= 4 is 5.91 Å². The van der Waals surface area contributed by atoms with Gasteiger partial charge in [0, 0.05) is 18.8 Å². The first-order valence-electron chi connectivity index (χ1n) is 7.22. The van der Waals surface area contributed by atoms with E-state index in [1.165, 1.54) is 0 Å². The van der Waals surface area contributed by atoms with Crippen molar-refractivity contribution < 1.29 is 4.79 Å². The van der Waals surface area contributed by atoms with Crippen molar-refractivity contribution in [3.8, 4) is 0 Å². The molecule has 1 aliphatic heterocycles. The van der Waals surface area contributed by atoms with E-state index in [0.717, 1.165) is 25.2 Å². The fourth-order valence-corrected chi connectivity index (χ4v) is 2.83. The number of rotatable bonds is 2. The van der Waals surface area contributed by atoms with E-state index in [4.69, 9.17) is 5.73 Å². The molecule has 1 amide bonds. The third-order valence-electron chi connectivity index (χ3n) is 4.21. The van der Waals surface area contributed by atoms with Crippen molar-refractivity contribution in [3.05, 3.63) is 17.5 Å². The fourth-order valence-electron chi connectivity index (χ4n) is 2.83. The van der Waals surface area contributed by atoms with Crippen LogP contribution in [-0.2, 0) is 5.54 Å². The molecular formula is C15H26N4O. The average Bonchev–Trinajstić information content (AvgIpc) is 2.92. The number of nitrogens with two attached hydrogens (primary N) is 1. The van der Waals surface area contributed by atoms with E-state index in [9.17, 15) is 4.79 Å². The Balaban J connectivity index is 2.22. The molecule has 1 atom stereocenters. The summed E-state index contributed by atoms with van der Waals surface area (Å²) < 4.78 is 1.92. The van der Waals surface area contributed by atoms with Gasteiger partial charge in [-0.25, -0.2) is 0 Å². The maximum Gasteiger partial charge on any atom is 0.257 e. The Morgan fingerprint density at radius 2 is 2.15 bits per heavy atom. The van der Waals surface area contributed by atoms with Crippen molar-refractivity contribution in [2.75, 3.05) is 19.6 Å². The topological polar surface area (TPSA) is 64.2 Å².